The van der Waals surface area contributed by atoms with Gasteiger partial charge in [0.2, 0.25) is 0 Å². The maximum Gasteiger partial charge on any atom is 0.0720 e. The van der Waals surface area contributed by atoms with Crippen LogP contribution in [0.2, 0.25) is 0 Å². The molecule has 0 atom stereocenters. The van der Waals surface area contributed by atoms with Crippen LogP contribution in [0.25, 0.3) is 17.3 Å². The fourth-order valence-corrected chi connectivity index (χ4v) is 1.44. The number of rotatable bonds is 2. The first-order valence-corrected chi connectivity index (χ1v) is 4.82. The maximum absolute atomic E-state index is 4.37. The van der Waals surface area contributed by atoms with Gasteiger partial charge in [0, 0.05) is 23.7 Å². The summed E-state index contributed by atoms with van der Waals surface area (Å²) in [7, 11) is 0. The average molecular weight is 196 g/mol. The lowest BCUT2D eigenvalue weighted by Gasteiger charge is -2.03. The molecule has 0 aliphatic carbocycles. The summed E-state index contributed by atoms with van der Waals surface area (Å²) < 4.78 is 0. The second kappa shape index (κ2) is 4.05. The molecule has 0 aromatic carbocycles. The summed E-state index contributed by atoms with van der Waals surface area (Å²) in [6, 6.07) is 7.94. The van der Waals surface area contributed by atoms with E-state index in [9.17, 15) is 0 Å². The number of aromatic nitrogens is 2. The molecule has 2 rings (SSSR count). The summed E-state index contributed by atoms with van der Waals surface area (Å²) in [6.45, 7) is 5.68. The van der Waals surface area contributed by atoms with Crippen LogP contribution < -0.4 is 0 Å². The molecule has 0 saturated heterocycles. The Hall–Kier alpha value is -1.96. The predicted molar refractivity (Wildman–Crippen MR) is 62.3 cm³/mol. The maximum atomic E-state index is 4.37. The van der Waals surface area contributed by atoms with Crippen LogP contribution in [0, 0.1) is 6.92 Å². The van der Waals surface area contributed by atoms with Gasteiger partial charge in [0.1, 0.15) is 0 Å². The summed E-state index contributed by atoms with van der Waals surface area (Å²) in [6.07, 6.45) is 5.39. The molecule has 0 bridgehead atoms. The van der Waals surface area contributed by atoms with Crippen molar-refractivity contribution in [3.63, 3.8) is 0 Å². The van der Waals surface area contributed by atoms with Gasteiger partial charge < -0.3 is 0 Å². The zero-order valence-corrected chi connectivity index (χ0v) is 8.64. The number of pyridine rings is 2. The van der Waals surface area contributed by atoms with Gasteiger partial charge in [0.25, 0.3) is 0 Å². The van der Waals surface area contributed by atoms with E-state index in [1.807, 2.05) is 37.4 Å². The van der Waals surface area contributed by atoms with Crippen molar-refractivity contribution in [1.29, 1.82) is 0 Å². The molecule has 74 valence electrons. The van der Waals surface area contributed by atoms with Gasteiger partial charge in [-0.1, -0.05) is 18.7 Å². The van der Waals surface area contributed by atoms with E-state index < -0.39 is 0 Å². The van der Waals surface area contributed by atoms with Gasteiger partial charge in [-0.2, -0.15) is 0 Å². The summed E-state index contributed by atoms with van der Waals surface area (Å²) in [5, 5.41) is 0. The third kappa shape index (κ3) is 1.94. The zero-order valence-electron chi connectivity index (χ0n) is 8.64. The third-order valence-electron chi connectivity index (χ3n) is 2.30. The highest BCUT2D eigenvalue weighted by Gasteiger charge is 2.02. The molecule has 2 aromatic heterocycles. The summed E-state index contributed by atoms with van der Waals surface area (Å²) in [5.41, 5.74) is 4.05. The summed E-state index contributed by atoms with van der Waals surface area (Å²) >= 11 is 0. The summed E-state index contributed by atoms with van der Waals surface area (Å²) in [5.74, 6) is 0. The lowest BCUT2D eigenvalue weighted by atomic mass is 10.1. The van der Waals surface area contributed by atoms with Gasteiger partial charge in [-0.25, -0.2) is 0 Å². The van der Waals surface area contributed by atoms with Crippen LogP contribution in [0.15, 0.2) is 43.2 Å². The number of nitrogens with zero attached hydrogens (tertiary/aromatic N) is 2. The molecule has 0 saturated carbocycles. The fourth-order valence-electron chi connectivity index (χ4n) is 1.44. The van der Waals surface area contributed by atoms with Crippen molar-refractivity contribution in [2.24, 2.45) is 0 Å². The smallest absolute Gasteiger partial charge is 0.0720 e. The Labute approximate surface area is 89.3 Å². The van der Waals surface area contributed by atoms with Crippen molar-refractivity contribution in [3.8, 4) is 11.3 Å². The van der Waals surface area contributed by atoms with Crippen molar-refractivity contribution in [3.05, 3.63) is 54.5 Å². The number of aryl methyl sites for hydroxylation is 1. The Bertz CT molecular complexity index is 472. The molecule has 0 unspecified atom stereocenters. The van der Waals surface area contributed by atoms with Crippen LogP contribution in [-0.2, 0) is 0 Å². The minimum Gasteiger partial charge on any atom is -0.261 e. The van der Waals surface area contributed by atoms with Crippen LogP contribution in [-0.4, -0.2) is 9.97 Å². The zero-order chi connectivity index (χ0) is 10.7. The predicted octanol–water partition coefficient (Wildman–Crippen LogP) is 3.10. The van der Waals surface area contributed by atoms with Crippen LogP contribution in [0.4, 0.5) is 0 Å². The molecule has 0 radical (unpaired) electrons. The molecule has 2 aromatic rings. The van der Waals surface area contributed by atoms with E-state index >= 15 is 0 Å². The van der Waals surface area contributed by atoms with E-state index in [0.717, 1.165) is 22.5 Å². The highest BCUT2D eigenvalue weighted by molar-refractivity contribution is 5.62. The summed E-state index contributed by atoms with van der Waals surface area (Å²) in [4.78, 5) is 8.61. The Balaban J connectivity index is 2.46. The van der Waals surface area contributed by atoms with Crippen molar-refractivity contribution in [1.82, 2.24) is 9.97 Å². The Morgan fingerprint density at radius 3 is 2.67 bits per heavy atom. The van der Waals surface area contributed by atoms with E-state index in [1.54, 1.807) is 12.3 Å². The highest BCUT2D eigenvalue weighted by atomic mass is 14.7. The molecule has 0 spiro atoms. The van der Waals surface area contributed by atoms with E-state index in [1.165, 1.54) is 0 Å². The SMILES string of the molecule is C=Cc1ccc(-c2cccnc2C)nc1. The van der Waals surface area contributed by atoms with E-state index in [2.05, 4.69) is 16.5 Å². The first-order valence-electron chi connectivity index (χ1n) is 4.82. The Kier molecular flexibility index (Phi) is 2.59. The van der Waals surface area contributed by atoms with Crippen molar-refractivity contribution in [2.75, 3.05) is 0 Å². The van der Waals surface area contributed by atoms with E-state index in [0.29, 0.717) is 0 Å². The van der Waals surface area contributed by atoms with Crippen LogP contribution in [0.3, 0.4) is 0 Å². The van der Waals surface area contributed by atoms with Gasteiger partial charge in [-0.3, -0.25) is 9.97 Å². The molecule has 2 heterocycles. The average Bonchev–Trinajstić information content (AvgIpc) is 2.30. The molecule has 0 aliphatic heterocycles. The molecule has 0 amide bonds. The minimum absolute atomic E-state index is 0.950. The fraction of sp³-hybridized carbons (Fsp3) is 0.0769. The second-order valence-corrected chi connectivity index (χ2v) is 3.32. The molecule has 0 N–H and O–H groups in total. The molecular formula is C13H12N2. The van der Waals surface area contributed by atoms with Crippen molar-refractivity contribution < 1.29 is 0 Å². The first-order chi connectivity index (χ1) is 7.31. The van der Waals surface area contributed by atoms with Gasteiger partial charge in [-0.15, -0.1) is 0 Å². The number of hydrogen-bond donors (Lipinski definition) is 0. The standard InChI is InChI=1S/C13H12N2/c1-3-11-6-7-13(15-9-11)12-5-4-8-14-10(12)2/h3-9H,1H2,2H3. The van der Waals surface area contributed by atoms with Gasteiger partial charge in [-0.05, 0) is 30.7 Å². The van der Waals surface area contributed by atoms with Crippen molar-refractivity contribution in [2.45, 2.75) is 6.92 Å². The van der Waals surface area contributed by atoms with E-state index in [-0.39, 0.29) is 0 Å². The Morgan fingerprint density at radius 1 is 1.20 bits per heavy atom. The minimum atomic E-state index is 0.950. The molecule has 2 nitrogen and oxygen atoms in total. The molecule has 15 heavy (non-hydrogen) atoms. The molecular weight excluding hydrogens is 184 g/mol. The third-order valence-corrected chi connectivity index (χ3v) is 2.30. The first kappa shape index (κ1) is 9.59. The monoisotopic (exact) mass is 196 g/mol. The molecule has 0 aliphatic rings. The van der Waals surface area contributed by atoms with E-state index in [4.69, 9.17) is 0 Å². The second-order valence-electron chi connectivity index (χ2n) is 3.32. The normalized spacial score (nSPS) is 9.93. The van der Waals surface area contributed by atoms with Crippen LogP contribution >= 0.6 is 0 Å². The van der Waals surface area contributed by atoms with Gasteiger partial charge in [0.15, 0.2) is 0 Å². The highest BCUT2D eigenvalue weighted by Crippen LogP contribution is 2.19. The topological polar surface area (TPSA) is 25.8 Å². The Morgan fingerprint density at radius 2 is 2.07 bits per heavy atom. The van der Waals surface area contributed by atoms with Crippen LogP contribution in [0.5, 0.6) is 0 Å². The number of hydrogen-bond acceptors (Lipinski definition) is 2. The van der Waals surface area contributed by atoms with Crippen LogP contribution in [0.1, 0.15) is 11.3 Å². The quantitative estimate of drug-likeness (QED) is 0.737. The lowest BCUT2D eigenvalue weighted by Crippen LogP contribution is -1.89. The molecule has 2 heteroatoms. The lowest BCUT2D eigenvalue weighted by molar-refractivity contribution is 1.18. The van der Waals surface area contributed by atoms with Gasteiger partial charge in [0.05, 0.1) is 5.69 Å². The van der Waals surface area contributed by atoms with Crippen molar-refractivity contribution >= 4 is 6.08 Å². The van der Waals surface area contributed by atoms with Gasteiger partial charge >= 0.3 is 0 Å². The molecule has 0 fully saturated rings. The largest absolute Gasteiger partial charge is 0.261 e.